The minimum atomic E-state index is -0.950. The highest BCUT2D eigenvalue weighted by Gasteiger charge is 2.23. The van der Waals surface area contributed by atoms with Gasteiger partial charge in [0.15, 0.2) is 0 Å². The summed E-state index contributed by atoms with van der Waals surface area (Å²) in [7, 11) is 0. The maximum absolute atomic E-state index is 11.6. The van der Waals surface area contributed by atoms with Crippen LogP contribution in [-0.2, 0) is 6.42 Å². The molecule has 2 aromatic rings. The summed E-state index contributed by atoms with van der Waals surface area (Å²) in [6.07, 6.45) is 5.75. The first-order valence-electron chi connectivity index (χ1n) is 8.02. The lowest BCUT2D eigenvalue weighted by molar-refractivity contribution is 0.0703. The fraction of sp³-hybridized carbons (Fsp3) is 0.368. The van der Waals surface area contributed by atoms with Gasteiger partial charge < -0.3 is 5.11 Å². The zero-order valence-electron chi connectivity index (χ0n) is 13.1. The second-order valence-corrected chi connectivity index (χ2v) is 7.06. The first-order valence-corrected chi connectivity index (χ1v) is 8.84. The summed E-state index contributed by atoms with van der Waals surface area (Å²) in [6, 6.07) is 8.18. The number of rotatable bonds is 4. The summed E-state index contributed by atoms with van der Waals surface area (Å²) in [5.41, 5.74) is 3.26. The van der Waals surface area contributed by atoms with Crippen molar-refractivity contribution in [3.63, 3.8) is 0 Å². The number of carboxylic acids is 1. The average Bonchev–Trinajstić information content (AvgIpc) is 3.22. The van der Waals surface area contributed by atoms with Crippen LogP contribution in [0.25, 0.3) is 16.0 Å². The number of hydrogen-bond acceptors (Lipinski definition) is 2. The normalized spacial score (nSPS) is 14.8. The number of hydrogen-bond donors (Lipinski definition) is 1. The first-order chi connectivity index (χ1) is 11.2. The van der Waals surface area contributed by atoms with Crippen molar-refractivity contribution in [1.29, 1.82) is 0 Å². The van der Waals surface area contributed by atoms with Crippen LogP contribution in [-0.4, -0.2) is 11.1 Å². The third-order valence-corrected chi connectivity index (χ3v) is 5.92. The van der Waals surface area contributed by atoms with E-state index in [9.17, 15) is 9.90 Å². The van der Waals surface area contributed by atoms with E-state index in [1.807, 2.05) is 19.1 Å². The van der Waals surface area contributed by atoms with Gasteiger partial charge in [-0.2, -0.15) is 0 Å². The SMILES string of the molecule is [C-]#[N+]c1c(CC)sc(C(=O)O)c1-c1ccc(C2CCCC2)cc1. The lowest BCUT2D eigenvalue weighted by atomic mass is 9.94. The molecule has 0 unspecified atom stereocenters. The highest BCUT2D eigenvalue weighted by Crippen LogP contribution is 2.44. The lowest BCUT2D eigenvalue weighted by Crippen LogP contribution is -1.95. The summed E-state index contributed by atoms with van der Waals surface area (Å²) in [4.78, 5) is 16.3. The third-order valence-electron chi connectivity index (χ3n) is 4.61. The summed E-state index contributed by atoms with van der Waals surface area (Å²) < 4.78 is 0. The van der Waals surface area contributed by atoms with E-state index in [-0.39, 0.29) is 4.88 Å². The Labute approximate surface area is 140 Å². The molecule has 1 aliphatic carbocycles. The molecule has 0 amide bonds. The van der Waals surface area contributed by atoms with Gasteiger partial charge in [-0.25, -0.2) is 9.64 Å². The van der Waals surface area contributed by atoms with Crippen molar-refractivity contribution < 1.29 is 9.90 Å². The fourth-order valence-corrected chi connectivity index (χ4v) is 4.47. The Morgan fingerprint density at radius 1 is 1.30 bits per heavy atom. The van der Waals surface area contributed by atoms with Crippen LogP contribution in [0.5, 0.6) is 0 Å². The Kier molecular flexibility index (Phi) is 4.49. The summed E-state index contributed by atoms with van der Waals surface area (Å²) >= 11 is 1.23. The Morgan fingerprint density at radius 2 is 1.96 bits per heavy atom. The van der Waals surface area contributed by atoms with E-state index in [1.54, 1.807) is 0 Å². The molecule has 1 N–H and O–H groups in total. The molecule has 0 radical (unpaired) electrons. The second-order valence-electron chi connectivity index (χ2n) is 5.95. The molecule has 1 heterocycles. The molecule has 1 aromatic heterocycles. The predicted molar refractivity (Wildman–Crippen MR) is 93.6 cm³/mol. The Balaban J connectivity index is 2.05. The average molecular weight is 325 g/mol. The van der Waals surface area contributed by atoms with E-state index in [0.717, 1.165) is 10.4 Å². The number of nitrogens with zero attached hydrogens (tertiary/aromatic N) is 1. The molecule has 1 fully saturated rings. The van der Waals surface area contributed by atoms with Crippen molar-refractivity contribution in [3.05, 3.63) is 51.0 Å². The first kappa shape index (κ1) is 15.8. The molecule has 1 aliphatic rings. The maximum Gasteiger partial charge on any atom is 0.345 e. The fourth-order valence-electron chi connectivity index (χ4n) is 3.43. The van der Waals surface area contributed by atoms with E-state index in [1.165, 1.54) is 42.6 Å². The van der Waals surface area contributed by atoms with Gasteiger partial charge in [-0.15, -0.1) is 11.3 Å². The van der Waals surface area contributed by atoms with E-state index in [0.29, 0.717) is 23.6 Å². The van der Waals surface area contributed by atoms with Gasteiger partial charge in [-0.1, -0.05) is 44.0 Å². The Bertz CT molecular complexity index is 762. The molecule has 0 spiro atoms. The largest absolute Gasteiger partial charge is 0.477 e. The smallest absolute Gasteiger partial charge is 0.345 e. The highest BCUT2D eigenvalue weighted by molar-refractivity contribution is 7.15. The number of aryl methyl sites for hydroxylation is 1. The predicted octanol–water partition coefficient (Wildman–Crippen LogP) is 5.88. The van der Waals surface area contributed by atoms with Crippen LogP contribution < -0.4 is 0 Å². The second kappa shape index (κ2) is 6.55. The Hall–Kier alpha value is -2.12. The van der Waals surface area contributed by atoms with Crippen LogP contribution in [0.15, 0.2) is 24.3 Å². The van der Waals surface area contributed by atoms with Gasteiger partial charge in [0.25, 0.3) is 0 Å². The molecule has 4 heteroatoms. The molecular weight excluding hydrogens is 306 g/mol. The number of carbonyl (C=O) groups is 1. The number of aromatic carboxylic acids is 1. The topological polar surface area (TPSA) is 41.7 Å². The zero-order chi connectivity index (χ0) is 16.4. The van der Waals surface area contributed by atoms with Crippen LogP contribution in [0.2, 0.25) is 0 Å². The summed E-state index contributed by atoms with van der Waals surface area (Å²) in [6.45, 7) is 9.41. The van der Waals surface area contributed by atoms with Gasteiger partial charge in [0.2, 0.25) is 5.69 Å². The minimum Gasteiger partial charge on any atom is -0.477 e. The maximum atomic E-state index is 11.6. The van der Waals surface area contributed by atoms with Crippen LogP contribution in [0, 0.1) is 6.57 Å². The van der Waals surface area contributed by atoms with Crippen molar-refractivity contribution in [2.75, 3.05) is 0 Å². The lowest BCUT2D eigenvalue weighted by Gasteiger charge is -2.10. The number of carboxylic acid groups (broad SMARTS) is 1. The van der Waals surface area contributed by atoms with Crippen LogP contribution in [0.4, 0.5) is 5.69 Å². The molecule has 0 atom stereocenters. The molecule has 0 saturated heterocycles. The van der Waals surface area contributed by atoms with Gasteiger partial charge in [-0.05, 0) is 36.3 Å². The van der Waals surface area contributed by atoms with Crippen molar-refractivity contribution in [2.45, 2.75) is 44.9 Å². The van der Waals surface area contributed by atoms with Crippen LogP contribution in [0.1, 0.15) is 58.6 Å². The van der Waals surface area contributed by atoms with Crippen molar-refractivity contribution in [3.8, 4) is 11.1 Å². The third kappa shape index (κ3) is 2.89. The molecule has 3 nitrogen and oxygen atoms in total. The minimum absolute atomic E-state index is 0.279. The zero-order valence-corrected chi connectivity index (χ0v) is 13.9. The molecule has 1 aromatic carbocycles. The highest BCUT2D eigenvalue weighted by atomic mass is 32.1. The standard InChI is InChI=1S/C19H19NO2S/c1-3-15-17(20-2)16(18(23-15)19(21)22)14-10-8-13(9-11-14)12-6-4-5-7-12/h8-12H,3-7H2,1H3,(H,21,22). The molecular formula is C19H19NO2S. The van der Waals surface area contributed by atoms with Gasteiger partial charge in [0, 0.05) is 10.4 Å². The number of benzene rings is 1. The molecule has 3 rings (SSSR count). The van der Waals surface area contributed by atoms with Crippen molar-refractivity contribution >= 4 is 23.0 Å². The molecule has 0 bridgehead atoms. The molecule has 1 saturated carbocycles. The van der Waals surface area contributed by atoms with Gasteiger partial charge in [0.05, 0.1) is 6.57 Å². The van der Waals surface area contributed by atoms with Crippen molar-refractivity contribution in [1.82, 2.24) is 0 Å². The number of thiophene rings is 1. The summed E-state index contributed by atoms with van der Waals surface area (Å²) in [5.74, 6) is -0.313. The van der Waals surface area contributed by atoms with Crippen molar-refractivity contribution in [2.24, 2.45) is 0 Å². The van der Waals surface area contributed by atoms with E-state index in [2.05, 4.69) is 17.0 Å². The molecule has 23 heavy (non-hydrogen) atoms. The molecule has 0 aliphatic heterocycles. The van der Waals surface area contributed by atoms with Crippen LogP contribution in [0.3, 0.4) is 0 Å². The van der Waals surface area contributed by atoms with Gasteiger partial charge in [0.1, 0.15) is 4.88 Å². The Morgan fingerprint density at radius 3 is 2.48 bits per heavy atom. The van der Waals surface area contributed by atoms with E-state index < -0.39 is 5.97 Å². The quantitative estimate of drug-likeness (QED) is 0.713. The van der Waals surface area contributed by atoms with Crippen LogP contribution >= 0.6 is 11.3 Å². The van der Waals surface area contributed by atoms with Gasteiger partial charge in [-0.3, -0.25) is 0 Å². The monoisotopic (exact) mass is 325 g/mol. The molecule has 118 valence electrons. The van der Waals surface area contributed by atoms with E-state index >= 15 is 0 Å². The van der Waals surface area contributed by atoms with E-state index in [4.69, 9.17) is 6.57 Å². The van der Waals surface area contributed by atoms with Gasteiger partial charge >= 0.3 is 5.97 Å². The summed E-state index contributed by atoms with van der Waals surface area (Å²) in [5, 5.41) is 9.49.